The van der Waals surface area contributed by atoms with Crippen LogP contribution in [0.15, 0.2) is 35.1 Å². The van der Waals surface area contributed by atoms with Crippen molar-refractivity contribution in [2.75, 3.05) is 29.5 Å². The lowest BCUT2D eigenvalue weighted by Gasteiger charge is -2.37. The zero-order valence-electron chi connectivity index (χ0n) is 19.7. The van der Waals surface area contributed by atoms with Crippen molar-refractivity contribution in [3.8, 4) is 5.88 Å². The SMILES string of the molecule is C[Si](C)OC1[C@@H](C(C)(C)C)CCN1c1ccc(N2C[C@H](COc3ccon3)OC2=O)cc1F. The molecule has 33 heavy (non-hydrogen) atoms. The first-order valence-corrected chi connectivity index (χ1v) is 13.6. The van der Waals surface area contributed by atoms with E-state index in [0.29, 0.717) is 23.2 Å². The fourth-order valence-electron chi connectivity index (χ4n) is 4.44. The van der Waals surface area contributed by atoms with Crippen LogP contribution >= 0.6 is 0 Å². The summed E-state index contributed by atoms with van der Waals surface area (Å²) in [6.45, 7) is 11.9. The Kier molecular flexibility index (Phi) is 6.67. The van der Waals surface area contributed by atoms with E-state index in [1.807, 2.05) is 4.90 Å². The van der Waals surface area contributed by atoms with E-state index in [1.54, 1.807) is 18.2 Å². The van der Waals surface area contributed by atoms with E-state index in [1.165, 1.54) is 17.2 Å². The van der Waals surface area contributed by atoms with Crippen LogP contribution in [0.3, 0.4) is 0 Å². The number of nitrogens with zero attached hydrogens (tertiary/aromatic N) is 3. The average molecular weight is 477 g/mol. The summed E-state index contributed by atoms with van der Waals surface area (Å²) in [7, 11) is -0.973. The summed E-state index contributed by atoms with van der Waals surface area (Å²) in [5, 5.41) is 3.66. The Bertz CT molecular complexity index is 966. The molecule has 2 aliphatic heterocycles. The Morgan fingerprint density at radius 3 is 2.70 bits per heavy atom. The highest BCUT2D eigenvalue weighted by Crippen LogP contribution is 2.42. The van der Waals surface area contributed by atoms with E-state index < -0.39 is 21.2 Å². The van der Waals surface area contributed by atoms with Gasteiger partial charge in [0.1, 0.15) is 24.9 Å². The normalized spacial score (nSPS) is 23.5. The summed E-state index contributed by atoms with van der Waals surface area (Å²) in [5.41, 5.74) is 0.998. The van der Waals surface area contributed by atoms with E-state index in [2.05, 4.69) is 39.0 Å². The van der Waals surface area contributed by atoms with Crippen molar-refractivity contribution in [2.45, 2.75) is 52.6 Å². The molecule has 2 fully saturated rings. The van der Waals surface area contributed by atoms with Crippen molar-refractivity contribution in [3.63, 3.8) is 0 Å². The number of amides is 1. The number of carbonyl (C=O) groups excluding carboxylic acids is 1. The summed E-state index contributed by atoms with van der Waals surface area (Å²) in [6, 6.07) is 6.45. The highest BCUT2D eigenvalue weighted by Gasteiger charge is 2.43. The van der Waals surface area contributed by atoms with Gasteiger partial charge in [-0.25, -0.2) is 9.18 Å². The smallest absolute Gasteiger partial charge is 0.414 e. The molecule has 2 saturated heterocycles. The van der Waals surface area contributed by atoms with Crippen LogP contribution in [0.2, 0.25) is 13.1 Å². The molecule has 4 rings (SSSR count). The van der Waals surface area contributed by atoms with Gasteiger partial charge < -0.3 is 23.3 Å². The van der Waals surface area contributed by atoms with Crippen LogP contribution in [0.1, 0.15) is 27.2 Å². The van der Waals surface area contributed by atoms with Crippen LogP contribution in [-0.4, -0.2) is 52.3 Å². The number of anilines is 2. The fourth-order valence-corrected chi connectivity index (χ4v) is 5.22. The zero-order chi connectivity index (χ0) is 23.8. The van der Waals surface area contributed by atoms with Gasteiger partial charge in [-0.05, 0) is 48.3 Å². The molecule has 8 nitrogen and oxygen atoms in total. The monoisotopic (exact) mass is 476 g/mol. The summed E-state index contributed by atoms with van der Waals surface area (Å²) >= 11 is 0. The van der Waals surface area contributed by atoms with Crippen LogP contribution in [0, 0.1) is 17.2 Å². The van der Waals surface area contributed by atoms with E-state index >= 15 is 4.39 Å². The molecule has 2 aromatic rings. The standard InChI is InChI=1S/C23H31FN3O5Si/c1-23(2,3)17-8-10-26(21(17)32-33(4)5)19-7-6-15(12-18(19)24)27-13-16(31-22(27)28)14-29-20-9-11-30-25-20/h6-7,9,11-12,16-17,21H,8,10,13-14H2,1-5H3/t16-,17+,21?/m1/s1. The van der Waals surface area contributed by atoms with Crippen molar-refractivity contribution in [2.24, 2.45) is 11.3 Å². The maximum atomic E-state index is 15.3. The van der Waals surface area contributed by atoms with Gasteiger partial charge in [0.05, 0.1) is 17.9 Å². The van der Waals surface area contributed by atoms with Crippen molar-refractivity contribution in [1.82, 2.24) is 5.16 Å². The largest absolute Gasteiger partial charge is 0.471 e. The first-order valence-electron chi connectivity index (χ1n) is 11.2. The Labute approximate surface area is 195 Å². The van der Waals surface area contributed by atoms with Crippen LogP contribution in [-0.2, 0) is 9.16 Å². The number of rotatable bonds is 7. The molecule has 0 aliphatic carbocycles. The molecule has 10 heteroatoms. The van der Waals surface area contributed by atoms with E-state index in [-0.39, 0.29) is 30.6 Å². The Hall–Kier alpha value is -2.59. The lowest BCUT2D eigenvalue weighted by atomic mass is 9.79. The number of cyclic esters (lactones) is 1. The Balaban J connectivity index is 1.48. The predicted molar refractivity (Wildman–Crippen MR) is 123 cm³/mol. The third kappa shape index (κ3) is 5.16. The predicted octanol–water partition coefficient (Wildman–Crippen LogP) is 4.68. The second-order valence-corrected chi connectivity index (χ2v) is 11.8. The summed E-state index contributed by atoms with van der Waals surface area (Å²) in [4.78, 5) is 15.8. The van der Waals surface area contributed by atoms with Crippen LogP contribution < -0.4 is 14.5 Å². The molecule has 1 unspecified atom stereocenters. The molecular formula is C23H31FN3O5Si. The lowest BCUT2D eigenvalue weighted by molar-refractivity contribution is 0.0884. The van der Waals surface area contributed by atoms with E-state index in [4.69, 9.17) is 18.4 Å². The summed E-state index contributed by atoms with van der Waals surface area (Å²) < 4.78 is 37.2. The number of halogens is 1. The number of benzene rings is 1. The van der Waals surface area contributed by atoms with Gasteiger partial charge in [-0.2, -0.15) is 0 Å². The van der Waals surface area contributed by atoms with Gasteiger partial charge in [-0.3, -0.25) is 4.90 Å². The third-order valence-electron chi connectivity index (χ3n) is 6.06. The summed E-state index contributed by atoms with van der Waals surface area (Å²) in [6.07, 6.45) is 1.15. The number of hydrogen-bond donors (Lipinski definition) is 0. The quantitative estimate of drug-likeness (QED) is 0.537. The fraction of sp³-hybridized carbons (Fsp3) is 0.565. The van der Waals surface area contributed by atoms with Crippen molar-refractivity contribution >= 4 is 26.5 Å². The molecule has 0 saturated carbocycles. The molecule has 1 radical (unpaired) electrons. The average Bonchev–Trinajstić information content (AvgIpc) is 3.46. The van der Waals surface area contributed by atoms with Gasteiger partial charge in [0.15, 0.2) is 6.10 Å². The molecule has 0 spiro atoms. The molecule has 3 atom stereocenters. The van der Waals surface area contributed by atoms with Gasteiger partial charge in [-0.1, -0.05) is 20.8 Å². The first-order chi connectivity index (χ1) is 15.6. The van der Waals surface area contributed by atoms with Gasteiger partial charge in [0.2, 0.25) is 9.04 Å². The maximum absolute atomic E-state index is 15.3. The Morgan fingerprint density at radius 2 is 2.06 bits per heavy atom. The molecular weight excluding hydrogens is 445 g/mol. The van der Waals surface area contributed by atoms with E-state index in [0.717, 1.165) is 13.0 Å². The van der Waals surface area contributed by atoms with Crippen molar-refractivity contribution in [1.29, 1.82) is 0 Å². The van der Waals surface area contributed by atoms with Gasteiger partial charge >= 0.3 is 6.09 Å². The number of carbonyl (C=O) groups is 1. The van der Waals surface area contributed by atoms with Crippen LogP contribution in [0.25, 0.3) is 0 Å². The van der Waals surface area contributed by atoms with E-state index in [9.17, 15) is 4.79 Å². The number of ether oxygens (including phenoxy) is 2. The van der Waals surface area contributed by atoms with Gasteiger partial charge in [0.25, 0.3) is 5.88 Å². The molecule has 1 aromatic heterocycles. The Morgan fingerprint density at radius 1 is 1.27 bits per heavy atom. The third-order valence-corrected chi connectivity index (χ3v) is 6.77. The zero-order valence-corrected chi connectivity index (χ0v) is 20.7. The molecule has 3 heterocycles. The van der Waals surface area contributed by atoms with Crippen molar-refractivity contribution < 1.29 is 27.6 Å². The highest BCUT2D eigenvalue weighted by molar-refractivity contribution is 6.48. The minimum absolute atomic E-state index is 0.0511. The second kappa shape index (κ2) is 9.34. The molecule has 0 N–H and O–H groups in total. The topological polar surface area (TPSA) is 77.3 Å². The van der Waals surface area contributed by atoms with Crippen LogP contribution in [0.5, 0.6) is 5.88 Å². The molecule has 179 valence electrons. The second-order valence-electron chi connectivity index (χ2n) is 9.77. The number of aromatic nitrogens is 1. The molecule has 0 bridgehead atoms. The van der Waals surface area contributed by atoms with Crippen LogP contribution in [0.4, 0.5) is 20.6 Å². The molecule has 2 aliphatic rings. The molecule has 1 aromatic carbocycles. The minimum atomic E-state index is -0.973. The number of hydrogen-bond acceptors (Lipinski definition) is 7. The maximum Gasteiger partial charge on any atom is 0.414 e. The minimum Gasteiger partial charge on any atom is -0.471 e. The first kappa shape index (κ1) is 23.6. The van der Waals surface area contributed by atoms with Gasteiger partial charge in [-0.15, -0.1) is 0 Å². The van der Waals surface area contributed by atoms with Gasteiger partial charge in [0, 0.05) is 18.5 Å². The summed E-state index contributed by atoms with van der Waals surface area (Å²) in [5.74, 6) is 0.238. The van der Waals surface area contributed by atoms with Crippen molar-refractivity contribution in [3.05, 3.63) is 36.3 Å². The highest BCUT2D eigenvalue weighted by atomic mass is 28.3. The molecule has 1 amide bonds. The lowest BCUT2D eigenvalue weighted by Crippen LogP contribution is -2.42.